The van der Waals surface area contributed by atoms with Gasteiger partial charge in [0.25, 0.3) is 0 Å². The summed E-state index contributed by atoms with van der Waals surface area (Å²) >= 11 is 0. The van der Waals surface area contributed by atoms with Crippen molar-refractivity contribution in [2.75, 3.05) is 0 Å². The summed E-state index contributed by atoms with van der Waals surface area (Å²) in [6.45, 7) is 0. The molecule has 8 heavy (non-hydrogen) atoms. The minimum Gasteiger partial charge on any atom is -0.870 e. The summed E-state index contributed by atoms with van der Waals surface area (Å²) in [6.07, 6.45) is 0. The molecule has 0 unspecified atom stereocenters. The van der Waals surface area contributed by atoms with E-state index in [0.29, 0.717) is 0 Å². The van der Waals surface area contributed by atoms with Crippen LogP contribution < -0.4 is 51.4 Å². The van der Waals surface area contributed by atoms with Gasteiger partial charge in [0.2, 0.25) is 0 Å². The summed E-state index contributed by atoms with van der Waals surface area (Å²) in [4.78, 5) is 0. The zero-order chi connectivity index (χ0) is 4.50. The molecule has 1 N–H and O–H groups in total. The zero-order valence-corrected chi connectivity index (χ0v) is 9.16. The Labute approximate surface area is 100 Å². The van der Waals surface area contributed by atoms with E-state index in [4.69, 9.17) is 17.5 Å². The van der Waals surface area contributed by atoms with Crippen LogP contribution in [0.5, 0.6) is 0 Å². The monoisotopic (exact) mass is 179 g/mol. The zero-order valence-electron chi connectivity index (χ0n) is 4.07. The molecule has 0 aromatic carbocycles. The molecule has 0 heterocycles. The Balaban J connectivity index is -0.0000000267. The Kier molecular flexibility index (Phi) is 25.3. The second-order valence-corrected chi connectivity index (χ2v) is 1.22. The van der Waals surface area contributed by atoms with Crippen LogP contribution in [0, 0.1) is 0 Å². The maximum atomic E-state index is 8.52. The van der Waals surface area contributed by atoms with Gasteiger partial charge in [0, 0.05) is 10.4 Å². The largest absolute Gasteiger partial charge is 3.00 e. The molecule has 0 amide bonds. The van der Waals surface area contributed by atoms with Crippen molar-refractivity contribution in [3.05, 3.63) is 0 Å². The first kappa shape index (κ1) is 22.5. The molecule has 0 fully saturated rings. The standard InChI is InChI=1S/Al.K.H2O4S.H2O/c;;1-5(2,3)4;/h;;(H2,1,2,3,4);1H2/q+3;+1;;/p-3. The molecule has 0 aliphatic rings. The maximum Gasteiger partial charge on any atom is 3.00 e. The van der Waals surface area contributed by atoms with Crippen molar-refractivity contribution in [2.45, 2.75) is 0 Å². The fraction of sp³-hybridized carbons (Fsp3) is 0. The van der Waals surface area contributed by atoms with Crippen LogP contribution in [0.1, 0.15) is 0 Å². The average molecular weight is 179 g/mol. The van der Waals surface area contributed by atoms with Crippen LogP contribution in [-0.4, -0.2) is 40.4 Å². The molecule has 0 saturated carbocycles. The molecule has 0 saturated heterocycles. The molecule has 0 aliphatic carbocycles. The van der Waals surface area contributed by atoms with Gasteiger partial charge < -0.3 is 14.6 Å². The molecule has 0 aliphatic heterocycles. The van der Waals surface area contributed by atoms with Gasteiger partial charge in [-0.3, -0.25) is 8.42 Å². The summed E-state index contributed by atoms with van der Waals surface area (Å²) in [7, 11) is -5.17. The topological polar surface area (TPSA) is 110 Å². The van der Waals surface area contributed by atoms with Gasteiger partial charge >= 0.3 is 68.7 Å². The fourth-order valence-electron chi connectivity index (χ4n) is 0. The molecule has 0 bridgehead atoms. The molecule has 0 aromatic heterocycles. The number of hydrogen-bond acceptors (Lipinski definition) is 5. The van der Waals surface area contributed by atoms with Crippen molar-refractivity contribution in [3.8, 4) is 0 Å². The van der Waals surface area contributed by atoms with Gasteiger partial charge in [-0.2, -0.15) is 0 Å². The molecule has 0 aromatic rings. The molecule has 40 valence electrons. The van der Waals surface area contributed by atoms with Crippen LogP contribution in [0.4, 0.5) is 0 Å². The van der Waals surface area contributed by atoms with Crippen LogP contribution in [0.15, 0.2) is 0 Å². The minimum atomic E-state index is -5.17. The second kappa shape index (κ2) is 9.00. The van der Waals surface area contributed by atoms with E-state index in [0.717, 1.165) is 0 Å². The SMILES string of the molecule is O=S(=O)([O-])[O-].[Al+3].[K+].[OH-]. The van der Waals surface area contributed by atoms with E-state index in [9.17, 15) is 0 Å². The first-order valence-corrected chi connectivity index (χ1v) is 2.00. The van der Waals surface area contributed by atoms with E-state index >= 15 is 0 Å². The van der Waals surface area contributed by atoms with E-state index in [1.165, 1.54) is 0 Å². The summed E-state index contributed by atoms with van der Waals surface area (Å²) in [5.74, 6) is 0. The van der Waals surface area contributed by atoms with Crippen molar-refractivity contribution < 1.29 is 74.4 Å². The molecule has 0 radical (unpaired) electrons. The van der Waals surface area contributed by atoms with E-state index < -0.39 is 10.4 Å². The number of hydrogen-bond donors (Lipinski definition) is 0. The van der Waals surface area contributed by atoms with Crippen molar-refractivity contribution in [1.82, 2.24) is 0 Å². The van der Waals surface area contributed by atoms with Crippen LogP contribution in [0.2, 0.25) is 0 Å². The van der Waals surface area contributed by atoms with Gasteiger partial charge in [-0.1, -0.05) is 0 Å². The molecule has 8 heteroatoms. The smallest absolute Gasteiger partial charge is 0.870 e. The van der Waals surface area contributed by atoms with Gasteiger partial charge in [0.15, 0.2) is 0 Å². The Bertz CT molecular complexity index is 95.6. The Hall–Kier alpha value is 2.00. The van der Waals surface area contributed by atoms with E-state index in [1.54, 1.807) is 0 Å². The summed E-state index contributed by atoms with van der Waals surface area (Å²) < 4.78 is 34.1. The third-order valence-electron chi connectivity index (χ3n) is 0. The molecular weight excluding hydrogens is 178 g/mol. The van der Waals surface area contributed by atoms with Gasteiger partial charge in [0.05, 0.1) is 0 Å². The molecule has 0 rings (SSSR count). The molecule has 0 spiro atoms. The van der Waals surface area contributed by atoms with E-state index in [2.05, 4.69) is 0 Å². The Morgan fingerprint density at radius 2 is 1.12 bits per heavy atom. The van der Waals surface area contributed by atoms with Gasteiger partial charge in [-0.25, -0.2) is 0 Å². The van der Waals surface area contributed by atoms with Crippen LogP contribution >= 0.6 is 0 Å². The predicted octanol–water partition coefficient (Wildman–Crippen LogP) is -4.89. The first-order valence-electron chi connectivity index (χ1n) is 0.667. The Morgan fingerprint density at radius 3 is 1.12 bits per heavy atom. The van der Waals surface area contributed by atoms with E-state index in [-0.39, 0.29) is 74.2 Å². The van der Waals surface area contributed by atoms with Crippen LogP contribution in [-0.2, 0) is 10.4 Å². The van der Waals surface area contributed by atoms with Gasteiger partial charge in [-0.15, -0.1) is 0 Å². The molecule has 0 atom stereocenters. The van der Waals surface area contributed by atoms with Gasteiger partial charge in [0.1, 0.15) is 0 Å². The number of rotatable bonds is 0. The predicted molar refractivity (Wildman–Crippen MR) is 18.2 cm³/mol. The van der Waals surface area contributed by atoms with Gasteiger partial charge in [-0.05, 0) is 0 Å². The van der Waals surface area contributed by atoms with E-state index in [1.807, 2.05) is 0 Å². The van der Waals surface area contributed by atoms with Crippen molar-refractivity contribution >= 4 is 27.8 Å². The molecule has 5 nitrogen and oxygen atoms in total. The average Bonchev–Trinajstić information content (AvgIpc) is 0.722. The quantitative estimate of drug-likeness (QED) is 0.210. The van der Waals surface area contributed by atoms with Crippen LogP contribution in [0.3, 0.4) is 0 Å². The van der Waals surface area contributed by atoms with Crippen molar-refractivity contribution in [2.24, 2.45) is 0 Å². The summed E-state index contributed by atoms with van der Waals surface area (Å²) in [5, 5.41) is 0. The normalized spacial score (nSPS) is 7.25. The molecular formula is HAlKO5S+. The van der Waals surface area contributed by atoms with Crippen molar-refractivity contribution in [3.63, 3.8) is 0 Å². The second-order valence-electron chi connectivity index (χ2n) is 0.408. The van der Waals surface area contributed by atoms with Crippen molar-refractivity contribution in [1.29, 1.82) is 0 Å². The first-order chi connectivity index (χ1) is 2.00. The fourth-order valence-corrected chi connectivity index (χ4v) is 0. The third kappa shape index (κ3) is 98.1. The minimum absolute atomic E-state index is 0. The summed E-state index contributed by atoms with van der Waals surface area (Å²) in [6, 6.07) is 0. The summed E-state index contributed by atoms with van der Waals surface area (Å²) in [5.41, 5.74) is 0. The maximum absolute atomic E-state index is 8.52. The third-order valence-corrected chi connectivity index (χ3v) is 0. The Morgan fingerprint density at radius 1 is 1.12 bits per heavy atom. The van der Waals surface area contributed by atoms with Crippen LogP contribution in [0.25, 0.3) is 0 Å².